The van der Waals surface area contributed by atoms with Crippen molar-refractivity contribution in [3.8, 4) is 0 Å². The Balaban J connectivity index is 1.72. The number of halogens is 2. The molecule has 0 bridgehead atoms. The lowest BCUT2D eigenvalue weighted by molar-refractivity contribution is -0.131. The Morgan fingerprint density at radius 3 is 2.43 bits per heavy atom. The molecule has 2 aromatic rings. The fourth-order valence-electron chi connectivity index (χ4n) is 2.18. The van der Waals surface area contributed by atoms with E-state index >= 15 is 0 Å². The minimum absolute atomic E-state index is 0.288. The average molecular weight is 354 g/mol. The van der Waals surface area contributed by atoms with Gasteiger partial charge in [0.2, 0.25) is 11.8 Å². The lowest BCUT2D eigenvalue weighted by Gasteiger charge is -2.15. The van der Waals surface area contributed by atoms with Crippen LogP contribution >= 0.6 is 23.2 Å². The van der Waals surface area contributed by atoms with Gasteiger partial charge in [0.15, 0.2) is 5.82 Å². The monoisotopic (exact) mass is 353 g/mol. The van der Waals surface area contributed by atoms with Crippen molar-refractivity contribution >= 4 is 46.5 Å². The summed E-state index contributed by atoms with van der Waals surface area (Å²) in [6.45, 7) is 1.71. The van der Waals surface area contributed by atoms with Gasteiger partial charge in [-0.1, -0.05) is 28.4 Å². The van der Waals surface area contributed by atoms with E-state index in [0.717, 1.165) is 0 Å². The van der Waals surface area contributed by atoms with E-state index < -0.39 is 17.2 Å². The maximum atomic E-state index is 12.5. The second-order valence-electron chi connectivity index (χ2n) is 5.44. The minimum Gasteiger partial charge on any atom is -0.360 e. The molecule has 8 heteroatoms. The summed E-state index contributed by atoms with van der Waals surface area (Å²) >= 11 is 11.9. The van der Waals surface area contributed by atoms with E-state index in [-0.39, 0.29) is 5.82 Å². The normalized spacial score (nSPS) is 15.1. The molecule has 1 heterocycles. The molecule has 2 amide bonds. The van der Waals surface area contributed by atoms with Gasteiger partial charge in [-0.25, -0.2) is 0 Å². The standard InChI is InChI=1S/C15H13Cl2N3O3/c1-8-6-12(20-23-8)19-14(22)15(4-5-15)13(21)18-11-3-2-9(16)7-10(11)17/h2-3,6-7H,4-5H2,1H3,(H,18,21)(H,19,20,22). The van der Waals surface area contributed by atoms with Crippen molar-refractivity contribution in [1.82, 2.24) is 5.16 Å². The molecule has 1 aliphatic carbocycles. The van der Waals surface area contributed by atoms with Crippen molar-refractivity contribution in [2.45, 2.75) is 19.8 Å². The zero-order valence-electron chi connectivity index (χ0n) is 12.2. The van der Waals surface area contributed by atoms with Gasteiger partial charge in [-0.05, 0) is 38.0 Å². The Morgan fingerprint density at radius 2 is 1.87 bits per heavy atom. The number of hydrogen-bond donors (Lipinski definition) is 2. The molecule has 1 saturated carbocycles. The number of nitrogens with zero attached hydrogens (tertiary/aromatic N) is 1. The smallest absolute Gasteiger partial charge is 0.241 e. The quantitative estimate of drug-likeness (QED) is 0.821. The van der Waals surface area contributed by atoms with Crippen LogP contribution in [0.5, 0.6) is 0 Å². The fourth-order valence-corrected chi connectivity index (χ4v) is 2.63. The van der Waals surface area contributed by atoms with E-state index in [1.807, 2.05) is 0 Å². The first-order chi connectivity index (χ1) is 10.9. The average Bonchev–Trinajstić information content (AvgIpc) is 3.21. The highest BCUT2D eigenvalue weighted by atomic mass is 35.5. The third-order valence-corrected chi connectivity index (χ3v) is 4.22. The Labute approximate surface area is 142 Å². The predicted octanol–water partition coefficient (Wildman–Crippen LogP) is 3.65. The number of hydrogen-bond acceptors (Lipinski definition) is 4. The SMILES string of the molecule is Cc1cc(NC(=O)C2(C(=O)Nc3ccc(Cl)cc3Cl)CC2)no1. The van der Waals surface area contributed by atoms with Gasteiger partial charge in [-0.2, -0.15) is 0 Å². The summed E-state index contributed by atoms with van der Waals surface area (Å²) in [4.78, 5) is 24.8. The molecule has 0 unspecified atom stereocenters. The topological polar surface area (TPSA) is 84.2 Å². The maximum absolute atomic E-state index is 12.5. The predicted molar refractivity (Wildman–Crippen MR) is 86.6 cm³/mol. The van der Waals surface area contributed by atoms with E-state index in [9.17, 15) is 9.59 Å². The van der Waals surface area contributed by atoms with Gasteiger partial charge in [-0.15, -0.1) is 0 Å². The molecule has 0 aliphatic heterocycles. The van der Waals surface area contributed by atoms with Crippen molar-refractivity contribution < 1.29 is 14.1 Å². The van der Waals surface area contributed by atoms with Gasteiger partial charge in [0, 0.05) is 11.1 Å². The van der Waals surface area contributed by atoms with Gasteiger partial charge in [-0.3, -0.25) is 9.59 Å². The summed E-state index contributed by atoms with van der Waals surface area (Å²) in [5.74, 6) is 0.0477. The molecule has 1 aliphatic rings. The highest BCUT2D eigenvalue weighted by Crippen LogP contribution is 2.47. The van der Waals surface area contributed by atoms with Crippen LogP contribution in [0.3, 0.4) is 0 Å². The second-order valence-corrected chi connectivity index (χ2v) is 6.28. The molecule has 1 aromatic carbocycles. The molecule has 0 spiro atoms. The second kappa shape index (κ2) is 5.86. The fraction of sp³-hybridized carbons (Fsp3) is 0.267. The Bertz CT molecular complexity index is 784. The van der Waals surface area contributed by atoms with Gasteiger partial charge in [0.05, 0.1) is 10.7 Å². The van der Waals surface area contributed by atoms with Crippen molar-refractivity contribution in [1.29, 1.82) is 0 Å². The van der Waals surface area contributed by atoms with Gasteiger partial charge >= 0.3 is 0 Å². The minimum atomic E-state index is -1.10. The number of aromatic nitrogens is 1. The van der Waals surface area contributed by atoms with Crippen LogP contribution < -0.4 is 10.6 Å². The van der Waals surface area contributed by atoms with Crippen LogP contribution in [-0.2, 0) is 9.59 Å². The molecule has 3 rings (SSSR count). The maximum Gasteiger partial charge on any atom is 0.241 e. The van der Waals surface area contributed by atoms with Crippen molar-refractivity contribution in [3.63, 3.8) is 0 Å². The Kier molecular flexibility index (Phi) is 4.04. The summed E-state index contributed by atoms with van der Waals surface area (Å²) in [6.07, 6.45) is 0.930. The molecular formula is C15H13Cl2N3O3. The number of amides is 2. The number of carbonyl (C=O) groups is 2. The third-order valence-electron chi connectivity index (χ3n) is 3.67. The Hall–Kier alpha value is -2.05. The number of nitrogens with one attached hydrogen (secondary N) is 2. The molecule has 6 nitrogen and oxygen atoms in total. The molecule has 120 valence electrons. The molecular weight excluding hydrogens is 341 g/mol. The highest BCUT2D eigenvalue weighted by molar-refractivity contribution is 6.37. The number of rotatable bonds is 4. The van der Waals surface area contributed by atoms with Crippen molar-refractivity contribution in [3.05, 3.63) is 40.1 Å². The first-order valence-electron chi connectivity index (χ1n) is 6.92. The van der Waals surface area contributed by atoms with E-state index in [2.05, 4.69) is 15.8 Å². The first kappa shape index (κ1) is 15.8. The Morgan fingerprint density at radius 1 is 1.17 bits per heavy atom. The van der Waals surface area contributed by atoms with Crippen molar-refractivity contribution in [2.75, 3.05) is 10.6 Å². The number of aryl methyl sites for hydroxylation is 1. The molecule has 1 fully saturated rings. The van der Waals surface area contributed by atoms with Crippen LogP contribution in [0.2, 0.25) is 10.0 Å². The first-order valence-corrected chi connectivity index (χ1v) is 7.67. The van der Waals surface area contributed by atoms with Crippen LogP contribution in [0, 0.1) is 12.3 Å². The number of carbonyl (C=O) groups excluding carboxylic acids is 2. The van der Waals surface area contributed by atoms with Gasteiger partial charge in [0.1, 0.15) is 11.2 Å². The highest BCUT2D eigenvalue weighted by Gasteiger charge is 2.56. The van der Waals surface area contributed by atoms with Crippen LogP contribution in [-0.4, -0.2) is 17.0 Å². The summed E-state index contributed by atoms with van der Waals surface area (Å²) in [5, 5.41) is 9.74. The van der Waals surface area contributed by atoms with Crippen LogP contribution in [0.15, 0.2) is 28.8 Å². The third kappa shape index (κ3) is 3.18. The molecule has 23 heavy (non-hydrogen) atoms. The summed E-state index contributed by atoms with van der Waals surface area (Å²) in [7, 11) is 0. The summed E-state index contributed by atoms with van der Waals surface area (Å²) in [6, 6.07) is 6.32. The van der Waals surface area contributed by atoms with Gasteiger partial charge < -0.3 is 15.2 Å². The van der Waals surface area contributed by atoms with Crippen molar-refractivity contribution in [2.24, 2.45) is 5.41 Å². The zero-order valence-corrected chi connectivity index (χ0v) is 13.7. The zero-order chi connectivity index (χ0) is 16.6. The summed E-state index contributed by atoms with van der Waals surface area (Å²) < 4.78 is 4.89. The molecule has 0 atom stereocenters. The molecule has 2 N–H and O–H groups in total. The molecule has 1 aromatic heterocycles. The molecule has 0 radical (unpaired) electrons. The van der Waals surface area contributed by atoms with Gasteiger partial charge in [0.25, 0.3) is 0 Å². The summed E-state index contributed by atoms with van der Waals surface area (Å²) in [5.41, 5.74) is -0.687. The number of benzene rings is 1. The van der Waals surface area contributed by atoms with Crippen LogP contribution in [0.1, 0.15) is 18.6 Å². The van der Waals surface area contributed by atoms with Crippen LogP contribution in [0.4, 0.5) is 11.5 Å². The van der Waals surface area contributed by atoms with E-state index in [4.69, 9.17) is 27.7 Å². The largest absolute Gasteiger partial charge is 0.360 e. The van der Waals surface area contributed by atoms with E-state index in [1.54, 1.807) is 25.1 Å². The van der Waals surface area contributed by atoms with E-state index in [1.165, 1.54) is 6.07 Å². The lowest BCUT2D eigenvalue weighted by Crippen LogP contribution is -2.35. The number of anilines is 2. The van der Waals surface area contributed by atoms with E-state index in [0.29, 0.717) is 34.3 Å². The lowest BCUT2D eigenvalue weighted by atomic mass is 10.1. The van der Waals surface area contributed by atoms with Crippen LogP contribution in [0.25, 0.3) is 0 Å². The molecule has 0 saturated heterocycles.